The molecule has 2 aromatic carbocycles. The van der Waals surface area contributed by atoms with Gasteiger partial charge >= 0.3 is 0 Å². The van der Waals surface area contributed by atoms with Crippen molar-refractivity contribution >= 4 is 21.2 Å². The maximum absolute atomic E-state index is 13.6. The molecule has 22 heavy (non-hydrogen) atoms. The molecule has 3 rings (SSSR count). The van der Waals surface area contributed by atoms with Gasteiger partial charge in [0.05, 0.1) is 16.3 Å². The average Bonchev–Trinajstić information content (AvgIpc) is 2.50. The summed E-state index contributed by atoms with van der Waals surface area (Å²) in [6.45, 7) is 1.79. The van der Waals surface area contributed by atoms with Crippen LogP contribution in [0, 0.1) is 24.1 Å². The van der Waals surface area contributed by atoms with Crippen LogP contribution in [0.2, 0.25) is 0 Å². The zero-order chi connectivity index (χ0) is 15.9. The second-order valence-electron chi connectivity index (χ2n) is 4.88. The average molecular weight is 314 g/mol. The number of halogens is 1. The van der Waals surface area contributed by atoms with E-state index in [-0.39, 0.29) is 9.80 Å². The fraction of sp³-hybridized carbons (Fsp3) is 0.0625. The zero-order valence-corrected chi connectivity index (χ0v) is 12.4. The lowest BCUT2D eigenvalue weighted by atomic mass is 10.1. The van der Waals surface area contributed by atoms with Crippen LogP contribution in [0.1, 0.15) is 5.56 Å². The summed E-state index contributed by atoms with van der Waals surface area (Å²) >= 11 is 0. The second kappa shape index (κ2) is 4.97. The summed E-state index contributed by atoms with van der Waals surface area (Å²) in [6, 6.07) is 12.3. The van der Waals surface area contributed by atoms with E-state index < -0.39 is 15.7 Å². The summed E-state index contributed by atoms with van der Waals surface area (Å²) in [7, 11) is -3.83. The Morgan fingerprint density at radius 3 is 2.59 bits per heavy atom. The second-order valence-corrected chi connectivity index (χ2v) is 6.76. The van der Waals surface area contributed by atoms with Crippen molar-refractivity contribution in [1.82, 2.24) is 0 Å². The van der Waals surface area contributed by atoms with Gasteiger partial charge in [-0.3, -0.25) is 0 Å². The van der Waals surface area contributed by atoms with Crippen LogP contribution in [0.4, 0.5) is 15.8 Å². The summed E-state index contributed by atoms with van der Waals surface area (Å²) in [6.07, 6.45) is 1.24. The Bertz CT molecular complexity index is 943. The molecule has 0 amide bonds. The number of fused-ring (bicyclic) bond motifs is 1. The molecule has 6 heteroatoms. The van der Waals surface area contributed by atoms with Gasteiger partial charge in [0.2, 0.25) is 9.84 Å². The molecule has 2 aromatic rings. The predicted octanol–water partition coefficient (Wildman–Crippen LogP) is 3.42. The van der Waals surface area contributed by atoms with Gasteiger partial charge in [0.15, 0.2) is 4.91 Å². The Labute approximate surface area is 127 Å². The number of rotatable bonds is 1. The molecule has 0 fully saturated rings. The van der Waals surface area contributed by atoms with Crippen LogP contribution in [-0.4, -0.2) is 8.42 Å². The van der Waals surface area contributed by atoms with Crippen molar-refractivity contribution in [1.29, 1.82) is 5.26 Å². The van der Waals surface area contributed by atoms with Crippen LogP contribution >= 0.6 is 0 Å². The molecule has 0 radical (unpaired) electrons. The minimum Gasteiger partial charge on any atom is -0.313 e. The molecule has 4 nitrogen and oxygen atoms in total. The number of anilines is 2. The largest absolute Gasteiger partial charge is 0.313 e. The Morgan fingerprint density at radius 2 is 1.86 bits per heavy atom. The highest BCUT2D eigenvalue weighted by molar-refractivity contribution is 7.95. The molecule has 0 aromatic heterocycles. The summed E-state index contributed by atoms with van der Waals surface area (Å²) in [5, 5.41) is 9.14. The van der Waals surface area contributed by atoms with Gasteiger partial charge in [0, 0.05) is 6.20 Å². The smallest absolute Gasteiger partial charge is 0.220 e. The molecular weight excluding hydrogens is 303 g/mol. The molecule has 0 atom stereocenters. The number of hydrogen-bond donors (Lipinski definition) is 0. The number of aryl methyl sites for hydroxylation is 1. The molecule has 110 valence electrons. The van der Waals surface area contributed by atoms with Crippen molar-refractivity contribution in [2.24, 2.45) is 0 Å². The molecule has 1 heterocycles. The molecule has 0 N–H and O–H groups in total. The zero-order valence-electron chi connectivity index (χ0n) is 11.6. The molecule has 0 unspecified atom stereocenters. The van der Waals surface area contributed by atoms with E-state index in [1.54, 1.807) is 37.3 Å². The van der Waals surface area contributed by atoms with Crippen molar-refractivity contribution in [3.63, 3.8) is 0 Å². The minimum atomic E-state index is -3.83. The van der Waals surface area contributed by atoms with Crippen molar-refractivity contribution in [2.45, 2.75) is 11.8 Å². The van der Waals surface area contributed by atoms with Gasteiger partial charge in [0.25, 0.3) is 0 Å². The van der Waals surface area contributed by atoms with Crippen molar-refractivity contribution in [3.8, 4) is 6.07 Å². The molecule has 0 spiro atoms. The first-order valence-corrected chi connectivity index (χ1v) is 7.95. The van der Waals surface area contributed by atoms with Crippen molar-refractivity contribution in [3.05, 3.63) is 65.0 Å². The molecule has 1 aliphatic rings. The van der Waals surface area contributed by atoms with Crippen LogP contribution in [0.3, 0.4) is 0 Å². The number of nitrogens with zero attached hydrogens (tertiary/aromatic N) is 2. The number of benzene rings is 2. The lowest BCUT2D eigenvalue weighted by Crippen LogP contribution is -2.21. The van der Waals surface area contributed by atoms with Crippen molar-refractivity contribution < 1.29 is 12.8 Å². The van der Waals surface area contributed by atoms with Gasteiger partial charge in [-0.2, -0.15) is 5.26 Å². The van der Waals surface area contributed by atoms with E-state index in [1.807, 2.05) is 0 Å². The van der Waals surface area contributed by atoms with Crippen molar-refractivity contribution in [2.75, 3.05) is 4.90 Å². The van der Waals surface area contributed by atoms with Gasteiger partial charge in [-0.15, -0.1) is 0 Å². The number of para-hydroxylation sites is 1. The first-order chi connectivity index (χ1) is 10.4. The Hall–Kier alpha value is -2.65. The minimum absolute atomic E-state index is 0.0395. The number of nitriles is 1. The summed E-state index contributed by atoms with van der Waals surface area (Å²) in [5.41, 5.74) is 1.66. The molecule has 0 saturated carbocycles. The summed E-state index contributed by atoms with van der Waals surface area (Å²) in [5.74, 6) is -0.432. The topological polar surface area (TPSA) is 61.2 Å². The highest BCUT2D eigenvalue weighted by Gasteiger charge is 2.32. The molecule has 0 bridgehead atoms. The summed E-state index contributed by atoms with van der Waals surface area (Å²) in [4.78, 5) is 1.21. The lowest BCUT2D eigenvalue weighted by molar-refractivity contribution is 0.602. The van der Waals surface area contributed by atoms with E-state index in [4.69, 9.17) is 5.26 Å². The SMILES string of the molecule is Cc1ccc(F)cc1N1C=C(C#N)S(=O)(=O)c2ccccc21. The third-order valence-electron chi connectivity index (χ3n) is 3.49. The van der Waals surface area contributed by atoms with E-state index in [0.29, 0.717) is 11.4 Å². The maximum atomic E-state index is 13.6. The monoisotopic (exact) mass is 314 g/mol. The van der Waals surface area contributed by atoms with Crippen LogP contribution in [0.15, 0.2) is 58.5 Å². The van der Waals surface area contributed by atoms with Gasteiger partial charge in [-0.1, -0.05) is 18.2 Å². The van der Waals surface area contributed by atoms with Gasteiger partial charge in [0.1, 0.15) is 11.9 Å². The Balaban J connectivity index is 2.33. The predicted molar refractivity (Wildman–Crippen MR) is 80.6 cm³/mol. The van der Waals surface area contributed by atoms with Crippen LogP contribution in [0.5, 0.6) is 0 Å². The number of hydrogen-bond acceptors (Lipinski definition) is 4. The number of sulfone groups is 1. The highest BCUT2D eigenvalue weighted by atomic mass is 32.2. The quantitative estimate of drug-likeness (QED) is 0.809. The van der Waals surface area contributed by atoms with Crippen LogP contribution in [0.25, 0.3) is 0 Å². The standard InChI is InChI=1S/C16H11FN2O2S/c1-11-6-7-12(17)8-15(11)19-10-13(9-18)22(20,21)16-5-3-2-4-14(16)19/h2-8,10H,1H3. The van der Waals surface area contributed by atoms with Gasteiger partial charge < -0.3 is 4.90 Å². The van der Waals surface area contributed by atoms with Gasteiger partial charge in [-0.05, 0) is 36.8 Å². The van der Waals surface area contributed by atoms with E-state index in [2.05, 4.69) is 0 Å². The first-order valence-electron chi connectivity index (χ1n) is 6.46. The maximum Gasteiger partial charge on any atom is 0.220 e. The number of allylic oxidation sites excluding steroid dienone is 1. The van der Waals surface area contributed by atoms with E-state index >= 15 is 0 Å². The molecule has 1 aliphatic heterocycles. The Morgan fingerprint density at radius 1 is 1.14 bits per heavy atom. The first kappa shape index (κ1) is 14.3. The normalized spacial score (nSPS) is 15.7. The van der Waals surface area contributed by atoms with Crippen LogP contribution < -0.4 is 4.90 Å². The lowest BCUT2D eigenvalue weighted by Gasteiger charge is -2.28. The molecule has 0 saturated heterocycles. The third-order valence-corrected chi connectivity index (χ3v) is 5.19. The Kier molecular flexibility index (Phi) is 3.23. The fourth-order valence-corrected chi connectivity index (χ4v) is 3.69. The van der Waals surface area contributed by atoms with E-state index in [9.17, 15) is 12.8 Å². The van der Waals surface area contributed by atoms with E-state index in [1.165, 1.54) is 29.3 Å². The van der Waals surface area contributed by atoms with Gasteiger partial charge in [-0.25, -0.2) is 12.8 Å². The van der Waals surface area contributed by atoms with Crippen LogP contribution in [-0.2, 0) is 9.84 Å². The highest BCUT2D eigenvalue weighted by Crippen LogP contribution is 2.40. The van der Waals surface area contributed by atoms with E-state index in [0.717, 1.165) is 5.56 Å². The molecule has 0 aliphatic carbocycles. The fourth-order valence-electron chi connectivity index (χ4n) is 2.39. The summed E-state index contributed by atoms with van der Waals surface area (Å²) < 4.78 is 38.3. The third kappa shape index (κ3) is 2.07. The molecular formula is C16H11FN2O2S.